The van der Waals surface area contributed by atoms with Crippen molar-refractivity contribution in [3.63, 3.8) is 0 Å². The van der Waals surface area contributed by atoms with Crippen LogP contribution in [0.25, 0.3) is 0 Å². The Morgan fingerprint density at radius 1 is 0.364 bits per heavy atom. The van der Waals surface area contributed by atoms with Gasteiger partial charge in [0.2, 0.25) is 0 Å². The molecule has 3 heteroatoms. The Balaban J connectivity index is 3.84. The van der Waals surface area contributed by atoms with Crippen molar-refractivity contribution in [1.82, 2.24) is 0 Å². The van der Waals surface area contributed by atoms with Crippen LogP contribution in [0.1, 0.15) is 232 Å². The lowest BCUT2D eigenvalue weighted by atomic mass is 9.88. The fraction of sp³-hybridized carbons (Fsp3) is 1.00. The van der Waals surface area contributed by atoms with Crippen LogP contribution in [0.5, 0.6) is 0 Å². The second-order valence-corrected chi connectivity index (χ2v) is 16.0. The molecular weight excluding hydrogens is 553 g/mol. The van der Waals surface area contributed by atoms with Gasteiger partial charge in [0.15, 0.2) is 0 Å². The normalized spacial score (nSPS) is 12.4. The summed E-state index contributed by atoms with van der Waals surface area (Å²) in [6.45, 7) is 5.70. The Morgan fingerprint density at radius 3 is 0.750 bits per heavy atom. The van der Waals surface area contributed by atoms with E-state index >= 15 is 0 Å². The van der Waals surface area contributed by atoms with Crippen molar-refractivity contribution in [3.05, 3.63) is 0 Å². The number of likely N-dealkylation sites (N-methyl/N-ethyl adjacent to an activating group) is 1. The largest absolute Gasteiger partial charge is 0.552 e. The topological polar surface area (TPSA) is 9.23 Å². The highest BCUT2D eigenvalue weighted by atomic mass is 31.0. The number of rotatable bonds is 37. The van der Waals surface area contributed by atoms with Gasteiger partial charge in [-0.1, -0.05) is 219 Å². The Hall–Kier alpha value is 0.350. The number of unbranched alkanes of at least 4 members (excludes halogenated alkanes) is 30. The van der Waals surface area contributed by atoms with Crippen molar-refractivity contribution in [1.29, 1.82) is 0 Å². The quantitative estimate of drug-likeness (QED) is 0.0373. The van der Waals surface area contributed by atoms with Crippen molar-refractivity contribution < 1.29 is 9.01 Å². The summed E-state index contributed by atoms with van der Waals surface area (Å²) in [4.78, 5) is 0. The third kappa shape index (κ3) is 32.3. The standard InChI is InChI=1S/C41H86NOP/c1-6-8-10-12-14-16-18-20-22-24-26-28-30-32-34-36-38-41(43-44,40-42(3,4)5)39-37-35-33-31-29-27-25-23-21-19-17-15-13-11-9-7-2/h44H,6-40H2,1-5H3. The van der Waals surface area contributed by atoms with Crippen LogP contribution < -0.4 is 0 Å². The van der Waals surface area contributed by atoms with Crippen LogP contribution in [0.4, 0.5) is 0 Å². The molecule has 0 aromatic rings. The molecule has 0 aliphatic carbocycles. The molecule has 0 spiro atoms. The molecule has 0 saturated heterocycles. The van der Waals surface area contributed by atoms with E-state index in [9.17, 15) is 0 Å². The maximum atomic E-state index is 6.15. The Kier molecular flexibility index (Phi) is 33.5. The van der Waals surface area contributed by atoms with E-state index in [4.69, 9.17) is 4.52 Å². The molecule has 0 rings (SSSR count). The van der Waals surface area contributed by atoms with Gasteiger partial charge in [-0.2, -0.15) is 0 Å². The molecule has 0 bridgehead atoms. The summed E-state index contributed by atoms with van der Waals surface area (Å²) in [6, 6.07) is 0. The molecule has 44 heavy (non-hydrogen) atoms. The summed E-state index contributed by atoms with van der Waals surface area (Å²) < 4.78 is 7.13. The van der Waals surface area contributed by atoms with E-state index in [0.29, 0.717) is 0 Å². The van der Waals surface area contributed by atoms with Gasteiger partial charge in [0, 0.05) is 0 Å². The summed E-state index contributed by atoms with van der Waals surface area (Å²) in [5, 5.41) is 0. The van der Waals surface area contributed by atoms with Crippen LogP contribution in [0, 0.1) is 0 Å². The third-order valence-corrected chi connectivity index (χ3v) is 10.4. The molecule has 0 aromatic heterocycles. The van der Waals surface area contributed by atoms with Gasteiger partial charge in [-0.3, -0.25) is 0 Å². The van der Waals surface area contributed by atoms with Crippen LogP contribution >= 0.6 is 9.47 Å². The van der Waals surface area contributed by atoms with Crippen LogP contribution in [0.2, 0.25) is 0 Å². The summed E-state index contributed by atoms with van der Waals surface area (Å²) >= 11 is 0. The van der Waals surface area contributed by atoms with Crippen molar-refractivity contribution in [3.8, 4) is 0 Å². The Morgan fingerprint density at radius 2 is 0.568 bits per heavy atom. The lowest BCUT2D eigenvalue weighted by molar-refractivity contribution is -0.876. The summed E-state index contributed by atoms with van der Waals surface area (Å²) in [5.41, 5.74) is -0.0128. The molecule has 0 amide bonds. The highest BCUT2D eigenvalue weighted by molar-refractivity contribution is 7.09. The van der Waals surface area contributed by atoms with Gasteiger partial charge >= 0.3 is 0 Å². The average molecular weight is 640 g/mol. The van der Waals surface area contributed by atoms with Crippen molar-refractivity contribution in [2.75, 3.05) is 27.7 Å². The van der Waals surface area contributed by atoms with E-state index in [1.54, 1.807) is 0 Å². The van der Waals surface area contributed by atoms with E-state index in [2.05, 4.69) is 44.5 Å². The zero-order valence-electron chi connectivity index (χ0n) is 31.6. The van der Waals surface area contributed by atoms with Gasteiger partial charge in [-0.25, -0.2) is 0 Å². The molecule has 0 saturated carbocycles. The van der Waals surface area contributed by atoms with Crippen LogP contribution in [-0.4, -0.2) is 37.8 Å². The van der Waals surface area contributed by atoms with Crippen LogP contribution in [0.15, 0.2) is 0 Å². The van der Waals surface area contributed by atoms with Gasteiger partial charge in [0.25, 0.3) is 0 Å². The molecule has 0 aromatic carbocycles. The van der Waals surface area contributed by atoms with Crippen molar-refractivity contribution in [2.45, 2.75) is 238 Å². The van der Waals surface area contributed by atoms with E-state index in [1.165, 1.54) is 218 Å². The SMILES string of the molecule is CCCCCCCCCCCCCCCCCCC(CCCCCCCCCCCCCCCCCC)(C[N+](C)(C)C)O[PH-]. The van der Waals surface area contributed by atoms with E-state index < -0.39 is 0 Å². The average Bonchev–Trinajstić information content (AvgIpc) is 2.99. The van der Waals surface area contributed by atoms with Gasteiger partial charge in [-0.05, 0) is 12.8 Å². The first kappa shape index (κ1) is 44.4. The number of hydrogen-bond donors (Lipinski definition) is 0. The predicted molar refractivity (Wildman–Crippen MR) is 203 cm³/mol. The monoisotopic (exact) mass is 640 g/mol. The summed E-state index contributed by atoms with van der Waals surface area (Å²) in [7, 11) is 10.5. The number of quaternary nitrogens is 1. The second-order valence-electron chi connectivity index (χ2n) is 15.8. The number of hydrogen-bond acceptors (Lipinski definition) is 1. The molecule has 0 radical (unpaired) electrons. The highest BCUT2D eigenvalue weighted by Gasteiger charge is 2.32. The van der Waals surface area contributed by atoms with Crippen LogP contribution in [-0.2, 0) is 4.52 Å². The Labute approximate surface area is 283 Å². The lowest BCUT2D eigenvalue weighted by Crippen LogP contribution is -2.49. The third-order valence-electron chi connectivity index (χ3n) is 9.95. The molecule has 0 atom stereocenters. The molecular formula is C41H86NOP. The van der Waals surface area contributed by atoms with Crippen molar-refractivity contribution in [2.24, 2.45) is 0 Å². The molecule has 0 aliphatic rings. The predicted octanol–water partition coefficient (Wildman–Crippen LogP) is 14.8. The first-order valence-corrected chi connectivity index (χ1v) is 20.9. The minimum atomic E-state index is -0.0128. The van der Waals surface area contributed by atoms with E-state index in [1.807, 2.05) is 0 Å². The first-order valence-electron chi connectivity index (χ1n) is 20.5. The zero-order valence-corrected chi connectivity index (χ0v) is 32.6. The molecule has 266 valence electrons. The molecule has 0 unspecified atom stereocenters. The van der Waals surface area contributed by atoms with Gasteiger partial charge in [-0.15, -0.1) is 0 Å². The van der Waals surface area contributed by atoms with Gasteiger partial charge in [0.05, 0.1) is 26.7 Å². The molecule has 0 N–H and O–H groups in total. The minimum absolute atomic E-state index is 0.0128. The van der Waals surface area contributed by atoms with E-state index in [0.717, 1.165) is 11.0 Å². The molecule has 0 fully saturated rings. The Bertz CT molecular complexity index is 509. The zero-order chi connectivity index (χ0) is 32.5. The molecule has 2 nitrogen and oxygen atoms in total. The maximum Gasteiger partial charge on any atom is 0.105 e. The van der Waals surface area contributed by atoms with Gasteiger partial charge < -0.3 is 18.5 Å². The summed E-state index contributed by atoms with van der Waals surface area (Å²) in [5.74, 6) is 0. The fourth-order valence-electron chi connectivity index (χ4n) is 7.27. The number of nitrogens with zero attached hydrogens (tertiary/aromatic N) is 1. The maximum absolute atomic E-state index is 6.15. The lowest BCUT2D eigenvalue weighted by Gasteiger charge is -2.42. The van der Waals surface area contributed by atoms with Crippen molar-refractivity contribution >= 4 is 9.47 Å². The summed E-state index contributed by atoms with van der Waals surface area (Å²) in [6.07, 6.45) is 48.2. The van der Waals surface area contributed by atoms with Crippen LogP contribution in [0.3, 0.4) is 0 Å². The van der Waals surface area contributed by atoms with Gasteiger partial charge in [0.1, 0.15) is 6.54 Å². The minimum Gasteiger partial charge on any atom is -0.552 e. The second kappa shape index (κ2) is 33.3. The smallest absolute Gasteiger partial charge is 0.105 e. The highest BCUT2D eigenvalue weighted by Crippen LogP contribution is 2.31. The molecule has 0 aliphatic heterocycles. The first-order chi connectivity index (χ1) is 21.4. The molecule has 0 heterocycles. The fourth-order valence-corrected chi connectivity index (χ4v) is 7.54. The van der Waals surface area contributed by atoms with E-state index in [-0.39, 0.29) is 5.60 Å².